The summed E-state index contributed by atoms with van der Waals surface area (Å²) in [6.45, 7) is 0.243. The minimum absolute atomic E-state index is 0.0681. The van der Waals surface area contributed by atoms with Crippen LogP contribution in [0.4, 0.5) is 11.4 Å². The second-order valence-electron chi connectivity index (χ2n) is 3.66. The zero-order chi connectivity index (χ0) is 13.9. The van der Waals surface area contributed by atoms with Crippen LogP contribution in [0.25, 0.3) is 0 Å². The van der Waals surface area contributed by atoms with Crippen molar-refractivity contribution in [3.05, 3.63) is 30.4 Å². The average Bonchev–Trinajstić information content (AvgIpc) is 2.90. The van der Waals surface area contributed by atoms with Crippen LogP contribution in [0.3, 0.4) is 0 Å². The lowest BCUT2D eigenvalue weighted by atomic mass is 10.3. The highest BCUT2D eigenvalue weighted by Crippen LogP contribution is 2.23. The van der Waals surface area contributed by atoms with E-state index in [2.05, 4.69) is 24.7 Å². The molecule has 0 atom stereocenters. The molecule has 1 aromatic carbocycles. The molecule has 0 fully saturated rings. The molecule has 1 heterocycles. The molecule has 102 valence electrons. The Hall–Kier alpha value is -2.13. The van der Waals surface area contributed by atoms with E-state index in [1.807, 2.05) is 0 Å². The van der Waals surface area contributed by atoms with Gasteiger partial charge in [-0.15, -0.1) is 0 Å². The van der Waals surface area contributed by atoms with Gasteiger partial charge in [-0.2, -0.15) is 4.98 Å². The van der Waals surface area contributed by atoms with Gasteiger partial charge in [-0.25, -0.2) is 13.1 Å². The molecule has 0 unspecified atom stereocenters. The third-order valence-electron chi connectivity index (χ3n) is 2.41. The molecule has 1 aromatic heterocycles. The highest BCUT2D eigenvalue weighted by atomic mass is 32.2. The molecular weight excluding hydrogens is 270 g/mol. The van der Waals surface area contributed by atoms with Crippen LogP contribution in [0, 0.1) is 0 Å². The fourth-order valence-corrected chi connectivity index (χ4v) is 2.40. The summed E-state index contributed by atoms with van der Waals surface area (Å²) in [4.78, 5) is 3.90. The Kier molecular flexibility index (Phi) is 3.67. The lowest BCUT2D eigenvalue weighted by Crippen LogP contribution is -2.20. The van der Waals surface area contributed by atoms with Crippen molar-refractivity contribution in [1.29, 1.82) is 0 Å². The lowest BCUT2D eigenvalue weighted by Gasteiger charge is -2.11. The minimum Gasteiger partial charge on any atom is -0.399 e. The Morgan fingerprint density at radius 2 is 2.21 bits per heavy atom. The van der Waals surface area contributed by atoms with Gasteiger partial charge < -0.3 is 15.6 Å². The fourth-order valence-electron chi connectivity index (χ4n) is 1.46. The van der Waals surface area contributed by atoms with Gasteiger partial charge in [0.25, 0.3) is 0 Å². The van der Waals surface area contributed by atoms with Gasteiger partial charge in [0.2, 0.25) is 16.4 Å². The number of nitrogens with one attached hydrogen (secondary N) is 2. The summed E-state index contributed by atoms with van der Waals surface area (Å²) < 4.78 is 30.6. The van der Waals surface area contributed by atoms with Crippen molar-refractivity contribution in [2.24, 2.45) is 0 Å². The van der Waals surface area contributed by atoms with Crippen molar-refractivity contribution < 1.29 is 12.9 Å². The van der Waals surface area contributed by atoms with Crippen molar-refractivity contribution in [3.63, 3.8) is 0 Å². The van der Waals surface area contributed by atoms with Crippen LogP contribution in [0.1, 0.15) is 5.82 Å². The summed E-state index contributed by atoms with van der Waals surface area (Å²) in [5, 5.41) is 6.55. The molecule has 19 heavy (non-hydrogen) atoms. The Bertz CT molecular complexity index is 654. The Labute approximate surface area is 110 Å². The lowest BCUT2D eigenvalue weighted by molar-refractivity contribution is 0.411. The summed E-state index contributed by atoms with van der Waals surface area (Å²) in [6, 6.07) is 4.57. The molecule has 0 spiro atoms. The van der Waals surface area contributed by atoms with Gasteiger partial charge in [0, 0.05) is 5.69 Å². The van der Waals surface area contributed by atoms with Crippen LogP contribution in [0.15, 0.2) is 34.0 Å². The first kappa shape index (κ1) is 13.3. The molecule has 2 rings (SSSR count). The molecular formula is C10H13N5O3S. The number of hydrogen-bond donors (Lipinski definition) is 3. The maximum atomic E-state index is 11.9. The Morgan fingerprint density at radius 1 is 1.42 bits per heavy atom. The molecule has 0 bridgehead atoms. The van der Waals surface area contributed by atoms with E-state index < -0.39 is 10.0 Å². The number of anilines is 2. The smallest absolute Gasteiger partial charge is 0.242 e. The van der Waals surface area contributed by atoms with Gasteiger partial charge in [-0.3, -0.25) is 0 Å². The first-order valence-corrected chi connectivity index (χ1v) is 6.83. The maximum Gasteiger partial charge on any atom is 0.242 e. The molecule has 0 saturated carbocycles. The van der Waals surface area contributed by atoms with Crippen molar-refractivity contribution in [1.82, 2.24) is 14.9 Å². The Morgan fingerprint density at radius 3 is 2.84 bits per heavy atom. The van der Waals surface area contributed by atoms with Crippen LogP contribution in [-0.4, -0.2) is 25.6 Å². The van der Waals surface area contributed by atoms with E-state index in [1.165, 1.54) is 19.5 Å². The van der Waals surface area contributed by atoms with Crippen LogP contribution in [-0.2, 0) is 16.6 Å². The molecule has 0 saturated heterocycles. The second kappa shape index (κ2) is 5.24. The number of rotatable bonds is 5. The fraction of sp³-hybridized carbons (Fsp3) is 0.200. The summed E-state index contributed by atoms with van der Waals surface area (Å²) in [6.07, 6.45) is 1.20. The highest BCUT2D eigenvalue weighted by Gasteiger charge is 2.17. The second-order valence-corrected chi connectivity index (χ2v) is 5.52. The number of nitrogens with two attached hydrogens (primary N) is 1. The van der Waals surface area contributed by atoms with E-state index in [9.17, 15) is 8.42 Å². The van der Waals surface area contributed by atoms with Crippen LogP contribution in [0.5, 0.6) is 0 Å². The first-order valence-electron chi connectivity index (χ1n) is 5.35. The molecule has 8 nitrogen and oxygen atoms in total. The predicted molar refractivity (Wildman–Crippen MR) is 68.7 cm³/mol. The van der Waals surface area contributed by atoms with Gasteiger partial charge >= 0.3 is 0 Å². The van der Waals surface area contributed by atoms with Crippen LogP contribution >= 0.6 is 0 Å². The number of sulfonamides is 1. The number of benzene rings is 1. The van der Waals surface area contributed by atoms with E-state index in [0.29, 0.717) is 17.2 Å². The molecule has 0 aliphatic rings. The van der Waals surface area contributed by atoms with Crippen molar-refractivity contribution in [2.75, 3.05) is 18.1 Å². The average molecular weight is 283 g/mol. The van der Waals surface area contributed by atoms with Gasteiger partial charge in [0.15, 0.2) is 5.82 Å². The largest absolute Gasteiger partial charge is 0.399 e. The van der Waals surface area contributed by atoms with Crippen molar-refractivity contribution >= 4 is 21.4 Å². The minimum atomic E-state index is -3.60. The van der Waals surface area contributed by atoms with E-state index in [4.69, 9.17) is 5.73 Å². The molecule has 0 aliphatic carbocycles. The predicted octanol–water partition coefficient (Wildman–Crippen LogP) is 0.172. The van der Waals surface area contributed by atoms with Gasteiger partial charge in [-0.05, 0) is 25.2 Å². The van der Waals surface area contributed by atoms with Gasteiger partial charge in [-0.1, -0.05) is 5.16 Å². The first-order chi connectivity index (χ1) is 9.03. The van der Waals surface area contributed by atoms with Crippen molar-refractivity contribution in [2.45, 2.75) is 11.4 Å². The maximum absolute atomic E-state index is 11.9. The number of nitrogens with zero attached hydrogens (tertiary/aromatic N) is 2. The normalized spacial score (nSPS) is 11.4. The Balaban J connectivity index is 2.30. The molecule has 0 radical (unpaired) electrons. The van der Waals surface area contributed by atoms with E-state index in [-0.39, 0.29) is 11.4 Å². The third-order valence-corrected chi connectivity index (χ3v) is 3.86. The van der Waals surface area contributed by atoms with Gasteiger partial charge in [0.05, 0.1) is 12.2 Å². The molecule has 4 N–H and O–H groups in total. The monoisotopic (exact) mass is 283 g/mol. The van der Waals surface area contributed by atoms with E-state index in [0.717, 1.165) is 0 Å². The zero-order valence-electron chi connectivity index (χ0n) is 10.1. The molecule has 9 heteroatoms. The SMILES string of the molecule is CNS(=O)(=O)c1cc(N)ccc1NCc1ncon1. The van der Waals surface area contributed by atoms with E-state index in [1.54, 1.807) is 12.1 Å². The van der Waals surface area contributed by atoms with Crippen molar-refractivity contribution in [3.8, 4) is 0 Å². The van der Waals surface area contributed by atoms with E-state index >= 15 is 0 Å². The number of hydrogen-bond acceptors (Lipinski definition) is 7. The zero-order valence-corrected chi connectivity index (χ0v) is 10.9. The standard InChI is InChI=1S/C10H13N5O3S/c1-12-19(16,17)9-4-7(11)2-3-8(9)13-5-10-14-6-18-15-10/h2-4,6,12-13H,5,11H2,1H3. The summed E-state index contributed by atoms with van der Waals surface area (Å²) >= 11 is 0. The summed E-state index contributed by atoms with van der Waals surface area (Å²) in [7, 11) is -2.26. The summed E-state index contributed by atoms with van der Waals surface area (Å²) in [5.41, 5.74) is 6.38. The number of aromatic nitrogens is 2. The highest BCUT2D eigenvalue weighted by molar-refractivity contribution is 7.89. The number of nitrogen functional groups attached to an aromatic ring is 1. The summed E-state index contributed by atoms with van der Waals surface area (Å²) in [5.74, 6) is 0.421. The van der Waals surface area contributed by atoms with Gasteiger partial charge in [0.1, 0.15) is 4.90 Å². The quantitative estimate of drug-likeness (QED) is 0.668. The topological polar surface area (TPSA) is 123 Å². The third kappa shape index (κ3) is 3.01. The van der Waals surface area contributed by atoms with Crippen LogP contribution in [0.2, 0.25) is 0 Å². The molecule has 2 aromatic rings. The molecule has 0 aliphatic heterocycles. The molecule has 0 amide bonds. The van der Waals surface area contributed by atoms with Crippen LogP contribution < -0.4 is 15.8 Å².